The molecule has 0 aliphatic carbocycles. The van der Waals surface area contributed by atoms with Crippen LogP contribution in [0.2, 0.25) is 0 Å². The summed E-state index contributed by atoms with van der Waals surface area (Å²) in [5.41, 5.74) is 1.93. The summed E-state index contributed by atoms with van der Waals surface area (Å²) >= 11 is 0. The van der Waals surface area contributed by atoms with Gasteiger partial charge in [-0.15, -0.1) is 0 Å². The molecule has 1 aliphatic heterocycles. The first kappa shape index (κ1) is 23.2. The second-order valence-electron chi connectivity index (χ2n) is 7.98. The normalized spacial score (nSPS) is 16.9. The predicted octanol–water partition coefficient (Wildman–Crippen LogP) is 3.61. The maximum atomic E-state index is 13.1. The molecule has 2 heterocycles. The minimum atomic E-state index is -3.68. The number of aromatic nitrogens is 1. The van der Waals surface area contributed by atoms with E-state index >= 15 is 0 Å². The standard InChI is InChI=1S/C25H30N4O3S/c1-2-29(22-11-7-4-8-12-22)33(30,31)24-13-14-25(27-18-24)26-17-23-20-28(15-16-32-23)19-21-9-5-3-6-10-21/h3-14,18,23H,2,15-17,19-20H2,1H3,(H,26,27). The number of benzene rings is 2. The second kappa shape index (κ2) is 10.8. The van der Waals surface area contributed by atoms with Crippen molar-refractivity contribution in [3.63, 3.8) is 0 Å². The zero-order valence-electron chi connectivity index (χ0n) is 18.8. The lowest BCUT2D eigenvalue weighted by Crippen LogP contribution is -2.44. The number of anilines is 2. The van der Waals surface area contributed by atoms with Crippen molar-refractivity contribution in [2.24, 2.45) is 0 Å². The molecule has 1 atom stereocenters. The first-order valence-corrected chi connectivity index (χ1v) is 12.7. The van der Waals surface area contributed by atoms with Crippen molar-refractivity contribution in [1.82, 2.24) is 9.88 Å². The lowest BCUT2D eigenvalue weighted by atomic mass is 10.2. The molecule has 0 amide bonds. The average Bonchev–Trinajstić information content (AvgIpc) is 2.85. The van der Waals surface area contributed by atoms with Gasteiger partial charge in [0.1, 0.15) is 10.7 Å². The van der Waals surface area contributed by atoms with Crippen LogP contribution in [0.3, 0.4) is 0 Å². The molecule has 3 aromatic rings. The molecule has 33 heavy (non-hydrogen) atoms. The van der Waals surface area contributed by atoms with Crippen molar-refractivity contribution in [2.75, 3.05) is 42.4 Å². The largest absolute Gasteiger partial charge is 0.374 e. The Morgan fingerprint density at radius 2 is 1.79 bits per heavy atom. The number of para-hydroxylation sites is 1. The third-order valence-electron chi connectivity index (χ3n) is 5.64. The molecule has 4 rings (SSSR count). The van der Waals surface area contributed by atoms with Crippen molar-refractivity contribution < 1.29 is 13.2 Å². The van der Waals surface area contributed by atoms with Crippen LogP contribution in [-0.4, -0.2) is 57.2 Å². The highest BCUT2D eigenvalue weighted by molar-refractivity contribution is 7.92. The van der Waals surface area contributed by atoms with Gasteiger partial charge in [-0.3, -0.25) is 9.21 Å². The molecule has 174 valence electrons. The van der Waals surface area contributed by atoms with Gasteiger partial charge in [0.05, 0.1) is 18.4 Å². The molecule has 0 radical (unpaired) electrons. The maximum Gasteiger partial charge on any atom is 0.265 e. The van der Waals surface area contributed by atoms with Crippen LogP contribution in [0.15, 0.2) is 83.9 Å². The van der Waals surface area contributed by atoms with E-state index in [0.29, 0.717) is 31.2 Å². The Hall–Kier alpha value is -2.94. The summed E-state index contributed by atoms with van der Waals surface area (Å²) in [5.74, 6) is 0.625. The summed E-state index contributed by atoms with van der Waals surface area (Å²) in [7, 11) is -3.68. The van der Waals surface area contributed by atoms with Crippen LogP contribution in [0.25, 0.3) is 0 Å². The first-order valence-electron chi connectivity index (χ1n) is 11.2. The van der Waals surface area contributed by atoms with Gasteiger partial charge < -0.3 is 10.1 Å². The smallest absolute Gasteiger partial charge is 0.265 e. The zero-order chi connectivity index (χ0) is 23.1. The van der Waals surface area contributed by atoms with Gasteiger partial charge in [-0.05, 0) is 36.8 Å². The summed E-state index contributed by atoms with van der Waals surface area (Å²) in [5, 5.41) is 3.28. The van der Waals surface area contributed by atoms with Crippen LogP contribution < -0.4 is 9.62 Å². The molecule has 1 fully saturated rings. The van der Waals surface area contributed by atoms with Crippen molar-refractivity contribution in [1.29, 1.82) is 0 Å². The monoisotopic (exact) mass is 466 g/mol. The number of nitrogens with zero attached hydrogens (tertiary/aromatic N) is 3. The Morgan fingerprint density at radius 3 is 2.45 bits per heavy atom. The highest BCUT2D eigenvalue weighted by Crippen LogP contribution is 2.23. The van der Waals surface area contributed by atoms with E-state index < -0.39 is 10.0 Å². The lowest BCUT2D eigenvalue weighted by molar-refractivity contribution is -0.0240. The van der Waals surface area contributed by atoms with E-state index in [0.717, 1.165) is 19.6 Å². The summed E-state index contributed by atoms with van der Waals surface area (Å²) in [6.45, 7) is 6.10. The number of nitrogens with one attached hydrogen (secondary N) is 1. The van der Waals surface area contributed by atoms with E-state index in [9.17, 15) is 8.42 Å². The van der Waals surface area contributed by atoms with E-state index in [4.69, 9.17) is 4.74 Å². The number of sulfonamides is 1. The summed E-state index contributed by atoms with van der Waals surface area (Å²) in [6, 6.07) is 22.8. The topological polar surface area (TPSA) is 74.8 Å². The van der Waals surface area contributed by atoms with Gasteiger partial charge >= 0.3 is 0 Å². The molecule has 1 N–H and O–H groups in total. The number of rotatable bonds is 9. The summed E-state index contributed by atoms with van der Waals surface area (Å²) in [6.07, 6.45) is 1.45. The molecular formula is C25H30N4O3S. The molecule has 0 bridgehead atoms. The molecular weight excluding hydrogens is 436 g/mol. The third-order valence-corrected chi connectivity index (χ3v) is 7.52. The van der Waals surface area contributed by atoms with Crippen LogP contribution in [-0.2, 0) is 21.3 Å². The van der Waals surface area contributed by atoms with E-state index in [2.05, 4.69) is 39.5 Å². The Labute approximate surface area is 196 Å². The molecule has 1 saturated heterocycles. The SMILES string of the molecule is CCN(c1ccccc1)S(=O)(=O)c1ccc(NCC2CN(Cc3ccccc3)CCO2)nc1. The quantitative estimate of drug-likeness (QED) is 0.519. The Bertz CT molecular complexity index is 1110. The number of hydrogen-bond acceptors (Lipinski definition) is 6. The van der Waals surface area contributed by atoms with Crippen molar-refractivity contribution >= 4 is 21.5 Å². The molecule has 1 unspecified atom stereocenters. The van der Waals surface area contributed by atoms with Gasteiger partial charge in [0, 0.05) is 38.9 Å². The highest BCUT2D eigenvalue weighted by atomic mass is 32.2. The van der Waals surface area contributed by atoms with Crippen molar-refractivity contribution in [3.8, 4) is 0 Å². The number of ether oxygens (including phenoxy) is 1. The Kier molecular flexibility index (Phi) is 7.59. The Balaban J connectivity index is 1.35. The summed E-state index contributed by atoms with van der Waals surface area (Å²) in [4.78, 5) is 6.89. The predicted molar refractivity (Wildman–Crippen MR) is 131 cm³/mol. The van der Waals surface area contributed by atoms with E-state index in [1.165, 1.54) is 16.1 Å². The number of hydrogen-bond donors (Lipinski definition) is 1. The molecule has 1 aromatic heterocycles. The Morgan fingerprint density at radius 1 is 1.06 bits per heavy atom. The number of pyridine rings is 1. The molecule has 7 nitrogen and oxygen atoms in total. The molecule has 1 aliphatic rings. The van der Waals surface area contributed by atoms with Crippen LogP contribution in [0.1, 0.15) is 12.5 Å². The second-order valence-corrected chi connectivity index (χ2v) is 9.84. The minimum Gasteiger partial charge on any atom is -0.374 e. The van der Waals surface area contributed by atoms with Crippen LogP contribution in [0.5, 0.6) is 0 Å². The van der Waals surface area contributed by atoms with Gasteiger partial charge in [-0.25, -0.2) is 13.4 Å². The van der Waals surface area contributed by atoms with Gasteiger partial charge in [0.15, 0.2) is 0 Å². The van der Waals surface area contributed by atoms with E-state index in [-0.39, 0.29) is 11.0 Å². The van der Waals surface area contributed by atoms with Crippen LogP contribution in [0, 0.1) is 0 Å². The van der Waals surface area contributed by atoms with Gasteiger partial charge in [0.2, 0.25) is 0 Å². The molecule has 2 aromatic carbocycles. The molecule has 0 saturated carbocycles. The van der Waals surface area contributed by atoms with Gasteiger partial charge in [-0.2, -0.15) is 0 Å². The first-order chi connectivity index (χ1) is 16.1. The van der Waals surface area contributed by atoms with Crippen molar-refractivity contribution in [3.05, 3.63) is 84.6 Å². The molecule has 0 spiro atoms. The van der Waals surface area contributed by atoms with Gasteiger partial charge in [-0.1, -0.05) is 48.5 Å². The van der Waals surface area contributed by atoms with E-state index in [1.807, 2.05) is 31.2 Å². The van der Waals surface area contributed by atoms with Gasteiger partial charge in [0.25, 0.3) is 10.0 Å². The average molecular weight is 467 g/mol. The minimum absolute atomic E-state index is 0.0429. The van der Waals surface area contributed by atoms with E-state index in [1.54, 1.807) is 24.3 Å². The van der Waals surface area contributed by atoms with Crippen LogP contribution in [0.4, 0.5) is 11.5 Å². The van der Waals surface area contributed by atoms with Crippen LogP contribution >= 0.6 is 0 Å². The van der Waals surface area contributed by atoms with Crippen molar-refractivity contribution in [2.45, 2.75) is 24.5 Å². The lowest BCUT2D eigenvalue weighted by Gasteiger charge is -2.33. The zero-order valence-corrected chi connectivity index (χ0v) is 19.6. The fraction of sp³-hybridized carbons (Fsp3) is 0.320. The highest BCUT2D eigenvalue weighted by Gasteiger charge is 2.24. The number of morpholine rings is 1. The molecule has 8 heteroatoms. The summed E-state index contributed by atoms with van der Waals surface area (Å²) < 4.78 is 33.5. The fourth-order valence-corrected chi connectivity index (χ4v) is 5.38. The fourth-order valence-electron chi connectivity index (χ4n) is 3.96. The third kappa shape index (κ3) is 5.90. The maximum absolute atomic E-state index is 13.1.